The third-order valence-corrected chi connectivity index (χ3v) is 6.16. The zero-order chi connectivity index (χ0) is 16.9. The van der Waals surface area contributed by atoms with Crippen LogP contribution in [0.2, 0.25) is 0 Å². The van der Waals surface area contributed by atoms with Gasteiger partial charge in [0.1, 0.15) is 0 Å². The Morgan fingerprint density at radius 3 is 2.30 bits per heavy atom. The number of hydrogen-bond acceptors (Lipinski definition) is 4. The molecule has 5 nitrogen and oxygen atoms in total. The summed E-state index contributed by atoms with van der Waals surface area (Å²) in [5.41, 5.74) is 0.952. The van der Waals surface area contributed by atoms with Crippen molar-refractivity contribution in [2.45, 2.75) is 44.4 Å². The summed E-state index contributed by atoms with van der Waals surface area (Å²) in [7, 11) is 0.0349. The van der Waals surface area contributed by atoms with Gasteiger partial charge >= 0.3 is 0 Å². The number of sulfonamides is 1. The van der Waals surface area contributed by atoms with E-state index in [2.05, 4.69) is 4.72 Å². The lowest BCUT2D eigenvalue weighted by atomic mass is 9.69. The number of benzene rings is 1. The Labute approximate surface area is 139 Å². The lowest BCUT2D eigenvalue weighted by Gasteiger charge is -2.38. The minimum Gasteiger partial charge on any atom is -0.493 e. The Hall–Kier alpha value is -1.27. The average Bonchev–Trinajstić information content (AvgIpc) is 2.60. The first-order chi connectivity index (χ1) is 11.0. The maximum atomic E-state index is 11.9. The van der Waals surface area contributed by atoms with Crippen LogP contribution in [0.3, 0.4) is 0 Å². The second-order valence-corrected chi connectivity index (χ2v) is 8.23. The van der Waals surface area contributed by atoms with Crippen LogP contribution in [-0.4, -0.2) is 34.9 Å². The van der Waals surface area contributed by atoms with Crippen molar-refractivity contribution in [1.29, 1.82) is 0 Å². The van der Waals surface area contributed by atoms with Gasteiger partial charge in [0.2, 0.25) is 10.0 Å². The van der Waals surface area contributed by atoms with Gasteiger partial charge in [-0.3, -0.25) is 0 Å². The topological polar surface area (TPSA) is 64.6 Å². The van der Waals surface area contributed by atoms with Gasteiger partial charge in [-0.05, 0) is 37.5 Å². The van der Waals surface area contributed by atoms with Crippen molar-refractivity contribution in [3.8, 4) is 11.5 Å². The number of hydrogen-bond donors (Lipinski definition) is 1. The van der Waals surface area contributed by atoms with Crippen LogP contribution in [0.1, 0.15) is 44.6 Å². The van der Waals surface area contributed by atoms with Crippen molar-refractivity contribution in [2.75, 3.05) is 26.5 Å². The van der Waals surface area contributed by atoms with Gasteiger partial charge < -0.3 is 9.47 Å². The summed E-state index contributed by atoms with van der Waals surface area (Å²) < 4.78 is 37.3. The molecule has 0 atom stereocenters. The monoisotopic (exact) mass is 341 g/mol. The second kappa shape index (κ2) is 7.53. The SMILES string of the molecule is CCS(=O)(=O)NCC1(c2ccc(OC)c(OC)c2)CCCCC1. The third-order valence-electron chi connectivity index (χ3n) is 4.82. The second-order valence-electron chi connectivity index (χ2n) is 6.14. The molecule has 0 aromatic heterocycles. The standard InChI is InChI=1S/C17H27NO4S/c1-4-23(19,20)18-13-17(10-6-5-7-11-17)14-8-9-15(21-2)16(12-14)22-3/h8-9,12,18H,4-7,10-11,13H2,1-3H3. The molecule has 1 N–H and O–H groups in total. The number of nitrogens with one attached hydrogen (secondary N) is 1. The first-order valence-electron chi connectivity index (χ1n) is 8.16. The molecule has 0 amide bonds. The van der Waals surface area contributed by atoms with Crippen LogP contribution in [0.5, 0.6) is 11.5 Å². The predicted octanol–water partition coefficient (Wildman–Crippen LogP) is 2.85. The lowest BCUT2D eigenvalue weighted by Crippen LogP contribution is -2.42. The summed E-state index contributed by atoms with van der Waals surface area (Å²) >= 11 is 0. The highest BCUT2D eigenvalue weighted by Crippen LogP contribution is 2.42. The fraction of sp³-hybridized carbons (Fsp3) is 0.647. The lowest BCUT2D eigenvalue weighted by molar-refractivity contribution is 0.290. The van der Waals surface area contributed by atoms with Gasteiger partial charge in [0.05, 0.1) is 20.0 Å². The van der Waals surface area contributed by atoms with Crippen LogP contribution in [0.25, 0.3) is 0 Å². The molecule has 1 aliphatic rings. The summed E-state index contributed by atoms with van der Waals surface area (Å²) in [6.07, 6.45) is 5.39. The van der Waals surface area contributed by atoms with Crippen LogP contribution < -0.4 is 14.2 Å². The molecule has 0 spiro atoms. The average molecular weight is 341 g/mol. The Bertz CT molecular complexity index is 621. The molecule has 0 saturated heterocycles. The van der Waals surface area contributed by atoms with Crippen LogP contribution >= 0.6 is 0 Å². The van der Waals surface area contributed by atoms with E-state index >= 15 is 0 Å². The van der Waals surface area contributed by atoms with Gasteiger partial charge in [0, 0.05) is 12.0 Å². The summed E-state index contributed by atoms with van der Waals surface area (Å²) in [6, 6.07) is 5.93. The predicted molar refractivity (Wildman–Crippen MR) is 91.8 cm³/mol. The molecule has 1 saturated carbocycles. The summed E-state index contributed by atoms with van der Waals surface area (Å²) in [6.45, 7) is 2.10. The fourth-order valence-corrected chi connectivity index (χ4v) is 4.01. The molecular formula is C17H27NO4S. The van der Waals surface area contributed by atoms with Gasteiger partial charge in [-0.25, -0.2) is 13.1 Å². The van der Waals surface area contributed by atoms with Gasteiger partial charge in [-0.2, -0.15) is 0 Å². The Morgan fingerprint density at radius 1 is 1.09 bits per heavy atom. The molecule has 1 aromatic carbocycles. The van der Waals surface area contributed by atoms with E-state index in [-0.39, 0.29) is 11.2 Å². The first-order valence-corrected chi connectivity index (χ1v) is 9.81. The molecule has 0 unspecified atom stereocenters. The van der Waals surface area contributed by atoms with Gasteiger partial charge in [0.15, 0.2) is 11.5 Å². The molecule has 2 rings (SSSR count). The quantitative estimate of drug-likeness (QED) is 0.828. The van der Waals surface area contributed by atoms with Gasteiger partial charge in [-0.15, -0.1) is 0 Å². The van der Waals surface area contributed by atoms with Crippen LogP contribution in [0.4, 0.5) is 0 Å². The molecule has 0 bridgehead atoms. The van der Waals surface area contributed by atoms with Crippen LogP contribution in [-0.2, 0) is 15.4 Å². The Kier molecular flexibility index (Phi) is 5.92. The molecule has 130 valence electrons. The molecule has 0 heterocycles. The van der Waals surface area contributed by atoms with Crippen molar-refractivity contribution in [3.05, 3.63) is 23.8 Å². The van der Waals surface area contributed by atoms with Crippen molar-refractivity contribution in [1.82, 2.24) is 4.72 Å². The number of methoxy groups -OCH3 is 2. The number of rotatable bonds is 7. The largest absolute Gasteiger partial charge is 0.493 e. The molecule has 6 heteroatoms. The molecule has 1 fully saturated rings. The third kappa shape index (κ3) is 4.18. The van der Waals surface area contributed by atoms with E-state index in [9.17, 15) is 8.42 Å². The van der Waals surface area contributed by atoms with Crippen molar-refractivity contribution >= 4 is 10.0 Å². The van der Waals surface area contributed by atoms with Crippen molar-refractivity contribution < 1.29 is 17.9 Å². The smallest absolute Gasteiger partial charge is 0.211 e. The Morgan fingerprint density at radius 2 is 1.74 bits per heavy atom. The minimum absolute atomic E-state index is 0.106. The molecule has 1 aromatic rings. The van der Waals surface area contributed by atoms with Gasteiger partial charge in [-0.1, -0.05) is 25.3 Å². The molecule has 0 radical (unpaired) electrons. The molecule has 23 heavy (non-hydrogen) atoms. The van der Waals surface area contributed by atoms with E-state index in [0.29, 0.717) is 18.0 Å². The zero-order valence-electron chi connectivity index (χ0n) is 14.2. The highest BCUT2D eigenvalue weighted by Gasteiger charge is 2.35. The van der Waals surface area contributed by atoms with E-state index in [1.807, 2.05) is 18.2 Å². The molecule has 0 aliphatic heterocycles. The van der Waals surface area contributed by atoms with Crippen LogP contribution in [0.15, 0.2) is 18.2 Å². The zero-order valence-corrected chi connectivity index (χ0v) is 15.0. The van der Waals surface area contributed by atoms with E-state index in [4.69, 9.17) is 9.47 Å². The van der Waals surface area contributed by atoms with Gasteiger partial charge in [0.25, 0.3) is 0 Å². The van der Waals surface area contributed by atoms with E-state index in [1.165, 1.54) is 6.42 Å². The highest BCUT2D eigenvalue weighted by molar-refractivity contribution is 7.89. The maximum Gasteiger partial charge on any atom is 0.211 e. The van der Waals surface area contributed by atoms with E-state index in [0.717, 1.165) is 31.2 Å². The Balaban J connectivity index is 2.34. The molecular weight excluding hydrogens is 314 g/mol. The first kappa shape index (κ1) is 18.1. The van der Waals surface area contributed by atoms with E-state index in [1.54, 1.807) is 21.1 Å². The maximum absolute atomic E-state index is 11.9. The summed E-state index contributed by atoms with van der Waals surface area (Å²) in [5, 5.41) is 0. The van der Waals surface area contributed by atoms with E-state index < -0.39 is 10.0 Å². The minimum atomic E-state index is -3.20. The van der Waals surface area contributed by atoms with Crippen LogP contribution in [0, 0.1) is 0 Å². The normalized spacial score (nSPS) is 17.7. The number of ether oxygens (including phenoxy) is 2. The van der Waals surface area contributed by atoms with Crippen molar-refractivity contribution in [3.63, 3.8) is 0 Å². The van der Waals surface area contributed by atoms with Crippen molar-refractivity contribution in [2.24, 2.45) is 0 Å². The molecule has 1 aliphatic carbocycles. The summed E-state index contributed by atoms with van der Waals surface area (Å²) in [4.78, 5) is 0. The fourth-order valence-electron chi connectivity index (χ4n) is 3.31. The summed E-state index contributed by atoms with van der Waals surface area (Å²) in [5.74, 6) is 1.49. The highest BCUT2D eigenvalue weighted by atomic mass is 32.2.